The maximum absolute atomic E-state index is 5.75. The molecule has 114 valence electrons. The molecule has 1 saturated heterocycles. The Hall–Kier alpha value is -1.07. The van der Waals surface area contributed by atoms with Crippen LogP contribution in [-0.2, 0) is 13.5 Å². The van der Waals surface area contributed by atoms with E-state index in [4.69, 9.17) is 5.73 Å². The topological polar surface area (TPSA) is 50.3 Å². The van der Waals surface area contributed by atoms with E-state index in [1.165, 1.54) is 17.9 Å². The lowest BCUT2D eigenvalue weighted by Crippen LogP contribution is -2.48. The van der Waals surface area contributed by atoms with Crippen molar-refractivity contribution in [1.29, 1.82) is 0 Å². The maximum Gasteiger partial charge on any atom is 0.130 e. The van der Waals surface area contributed by atoms with Crippen LogP contribution >= 0.6 is 0 Å². The number of rotatable bonds is 5. The molecule has 1 aliphatic heterocycles. The highest BCUT2D eigenvalue weighted by Gasteiger charge is 2.23. The molecular formula is C15H29N5. The lowest BCUT2D eigenvalue weighted by molar-refractivity contribution is 0.230. The Morgan fingerprint density at radius 1 is 1.20 bits per heavy atom. The highest BCUT2D eigenvalue weighted by atomic mass is 15.4. The van der Waals surface area contributed by atoms with Gasteiger partial charge in [-0.05, 0) is 25.8 Å². The van der Waals surface area contributed by atoms with Crippen LogP contribution in [0.15, 0.2) is 0 Å². The standard InChI is InChI=1S/C15H29N5/c1-12(2)11-19-7-9-20(10-8-19)15-14(5-6-16)13(3)17-18(15)4/h12H,5-11,16H2,1-4H3. The minimum atomic E-state index is 0.687. The smallest absolute Gasteiger partial charge is 0.130 e. The van der Waals surface area contributed by atoms with E-state index in [1.54, 1.807) is 0 Å². The van der Waals surface area contributed by atoms with E-state index in [1.807, 2.05) is 11.7 Å². The molecule has 1 aromatic rings. The van der Waals surface area contributed by atoms with Crippen LogP contribution in [0.1, 0.15) is 25.1 Å². The molecule has 0 atom stereocenters. The van der Waals surface area contributed by atoms with Gasteiger partial charge in [0.05, 0.1) is 5.69 Å². The zero-order valence-corrected chi connectivity index (χ0v) is 13.4. The zero-order chi connectivity index (χ0) is 14.7. The summed E-state index contributed by atoms with van der Waals surface area (Å²) in [7, 11) is 2.04. The number of hydrogen-bond donors (Lipinski definition) is 1. The van der Waals surface area contributed by atoms with Crippen LogP contribution in [0.3, 0.4) is 0 Å². The second-order valence-corrected chi connectivity index (χ2v) is 6.23. The van der Waals surface area contributed by atoms with Gasteiger partial charge in [0.1, 0.15) is 5.82 Å². The van der Waals surface area contributed by atoms with Crippen molar-refractivity contribution in [2.45, 2.75) is 27.2 Å². The molecule has 5 nitrogen and oxygen atoms in total. The molecule has 0 saturated carbocycles. The van der Waals surface area contributed by atoms with Gasteiger partial charge in [-0.15, -0.1) is 0 Å². The Morgan fingerprint density at radius 2 is 1.85 bits per heavy atom. The first-order valence-electron chi connectivity index (χ1n) is 7.72. The van der Waals surface area contributed by atoms with Gasteiger partial charge in [0.25, 0.3) is 0 Å². The van der Waals surface area contributed by atoms with Crippen LogP contribution in [0.4, 0.5) is 5.82 Å². The average molecular weight is 279 g/mol. The van der Waals surface area contributed by atoms with Crippen molar-refractivity contribution in [1.82, 2.24) is 14.7 Å². The van der Waals surface area contributed by atoms with E-state index in [-0.39, 0.29) is 0 Å². The first-order valence-corrected chi connectivity index (χ1v) is 7.72. The molecule has 2 rings (SSSR count). The summed E-state index contributed by atoms with van der Waals surface area (Å²) in [6.07, 6.45) is 0.918. The van der Waals surface area contributed by atoms with E-state index in [9.17, 15) is 0 Å². The number of nitrogens with two attached hydrogens (primary N) is 1. The van der Waals surface area contributed by atoms with Gasteiger partial charge in [-0.25, -0.2) is 0 Å². The third-order valence-electron chi connectivity index (χ3n) is 4.00. The summed E-state index contributed by atoms with van der Waals surface area (Å²) in [4.78, 5) is 5.04. The number of hydrogen-bond acceptors (Lipinski definition) is 4. The summed E-state index contributed by atoms with van der Waals surface area (Å²) in [6.45, 7) is 13.0. The summed E-state index contributed by atoms with van der Waals surface area (Å²) >= 11 is 0. The maximum atomic E-state index is 5.75. The van der Waals surface area contributed by atoms with Crippen LogP contribution in [0, 0.1) is 12.8 Å². The second kappa shape index (κ2) is 6.59. The van der Waals surface area contributed by atoms with Gasteiger partial charge in [-0.1, -0.05) is 13.8 Å². The third-order valence-corrected chi connectivity index (χ3v) is 4.00. The second-order valence-electron chi connectivity index (χ2n) is 6.23. The quantitative estimate of drug-likeness (QED) is 0.874. The van der Waals surface area contributed by atoms with Gasteiger partial charge >= 0.3 is 0 Å². The van der Waals surface area contributed by atoms with E-state index in [0.717, 1.165) is 44.2 Å². The number of piperazine rings is 1. The predicted octanol–water partition coefficient (Wildman–Crippen LogP) is 1.01. The Labute approximate surface area is 122 Å². The monoisotopic (exact) mass is 279 g/mol. The molecular weight excluding hydrogens is 250 g/mol. The minimum Gasteiger partial charge on any atom is -0.354 e. The molecule has 0 spiro atoms. The van der Waals surface area contributed by atoms with E-state index < -0.39 is 0 Å². The van der Waals surface area contributed by atoms with Crippen LogP contribution in [0.2, 0.25) is 0 Å². The Kier molecular flexibility index (Phi) is 5.05. The van der Waals surface area contributed by atoms with Gasteiger partial charge in [0, 0.05) is 45.3 Å². The van der Waals surface area contributed by atoms with E-state index >= 15 is 0 Å². The summed E-state index contributed by atoms with van der Waals surface area (Å²) in [5.74, 6) is 2.02. The Morgan fingerprint density at radius 3 is 2.40 bits per heavy atom. The van der Waals surface area contributed by atoms with Crippen molar-refractivity contribution < 1.29 is 0 Å². The molecule has 0 amide bonds. The first-order chi connectivity index (χ1) is 9.52. The molecule has 0 unspecified atom stereocenters. The van der Waals surface area contributed by atoms with Crippen LogP contribution in [0.25, 0.3) is 0 Å². The summed E-state index contributed by atoms with van der Waals surface area (Å²) in [5.41, 5.74) is 8.20. The van der Waals surface area contributed by atoms with Crippen LogP contribution < -0.4 is 10.6 Å². The number of aryl methyl sites for hydroxylation is 2. The lowest BCUT2D eigenvalue weighted by atomic mass is 10.1. The van der Waals surface area contributed by atoms with Gasteiger partial charge in [-0.3, -0.25) is 9.58 Å². The highest BCUT2D eigenvalue weighted by Crippen LogP contribution is 2.24. The van der Waals surface area contributed by atoms with Crippen molar-refractivity contribution >= 4 is 5.82 Å². The van der Waals surface area contributed by atoms with Gasteiger partial charge in [0.15, 0.2) is 0 Å². The van der Waals surface area contributed by atoms with Crippen molar-refractivity contribution in [3.8, 4) is 0 Å². The molecule has 1 fully saturated rings. The summed E-state index contributed by atoms with van der Waals surface area (Å²) in [6, 6.07) is 0. The highest BCUT2D eigenvalue weighted by molar-refractivity contribution is 5.50. The average Bonchev–Trinajstić information content (AvgIpc) is 2.65. The van der Waals surface area contributed by atoms with Crippen molar-refractivity contribution in [3.63, 3.8) is 0 Å². The molecule has 5 heteroatoms. The van der Waals surface area contributed by atoms with Crippen molar-refractivity contribution in [3.05, 3.63) is 11.3 Å². The minimum absolute atomic E-state index is 0.687. The first kappa shape index (κ1) is 15.3. The van der Waals surface area contributed by atoms with Crippen LogP contribution in [0.5, 0.6) is 0 Å². The SMILES string of the molecule is Cc1nn(C)c(N2CCN(CC(C)C)CC2)c1CCN. The third kappa shape index (κ3) is 3.33. The molecule has 1 aromatic heterocycles. The van der Waals surface area contributed by atoms with Crippen molar-refractivity contribution in [2.75, 3.05) is 44.2 Å². The zero-order valence-electron chi connectivity index (χ0n) is 13.4. The Balaban J connectivity index is 2.06. The van der Waals surface area contributed by atoms with Gasteiger partial charge in [-0.2, -0.15) is 5.10 Å². The molecule has 20 heavy (non-hydrogen) atoms. The van der Waals surface area contributed by atoms with Crippen LogP contribution in [-0.4, -0.2) is 53.9 Å². The number of anilines is 1. The fourth-order valence-electron chi connectivity index (χ4n) is 3.18. The molecule has 1 aliphatic rings. The molecule has 0 aromatic carbocycles. The normalized spacial score (nSPS) is 17.2. The van der Waals surface area contributed by atoms with E-state index in [0.29, 0.717) is 6.54 Å². The molecule has 0 aliphatic carbocycles. The number of aromatic nitrogens is 2. The largest absolute Gasteiger partial charge is 0.354 e. The fraction of sp³-hybridized carbons (Fsp3) is 0.800. The summed E-state index contributed by atoms with van der Waals surface area (Å²) in [5, 5.41) is 4.58. The fourth-order valence-corrected chi connectivity index (χ4v) is 3.18. The van der Waals surface area contributed by atoms with Gasteiger partial charge in [0.2, 0.25) is 0 Å². The van der Waals surface area contributed by atoms with Gasteiger partial charge < -0.3 is 10.6 Å². The molecule has 2 N–H and O–H groups in total. The lowest BCUT2D eigenvalue weighted by Gasteiger charge is -2.37. The van der Waals surface area contributed by atoms with E-state index in [2.05, 4.69) is 35.7 Å². The van der Waals surface area contributed by atoms with Crippen molar-refractivity contribution in [2.24, 2.45) is 18.7 Å². The predicted molar refractivity (Wildman–Crippen MR) is 84.2 cm³/mol. The molecule has 2 heterocycles. The summed E-state index contributed by atoms with van der Waals surface area (Å²) < 4.78 is 2.03. The molecule has 0 bridgehead atoms. The molecule has 0 radical (unpaired) electrons. The Bertz CT molecular complexity index is 430. The number of nitrogens with zero attached hydrogens (tertiary/aromatic N) is 4.